The van der Waals surface area contributed by atoms with Crippen molar-refractivity contribution in [2.24, 2.45) is 0 Å². The SMILES string of the molecule is COc1cccc(N2C(=O)C[C@H](Nc3c(C)cccc3C)C2=O)c1. The zero-order valence-corrected chi connectivity index (χ0v) is 14.0. The van der Waals surface area contributed by atoms with Gasteiger partial charge in [-0.3, -0.25) is 9.59 Å². The summed E-state index contributed by atoms with van der Waals surface area (Å²) < 4.78 is 5.17. The Balaban J connectivity index is 1.86. The summed E-state index contributed by atoms with van der Waals surface area (Å²) in [5, 5.41) is 3.24. The molecule has 0 bridgehead atoms. The standard InChI is InChI=1S/C19H20N2O3/c1-12-6-4-7-13(2)18(12)20-16-11-17(22)21(19(16)23)14-8-5-9-15(10-14)24-3/h4-10,16,20H,11H2,1-3H3/t16-/m0/s1. The van der Waals surface area contributed by atoms with Crippen molar-refractivity contribution in [2.45, 2.75) is 26.3 Å². The number of carbonyl (C=O) groups excluding carboxylic acids is 2. The summed E-state index contributed by atoms with van der Waals surface area (Å²) in [6.45, 7) is 3.97. The number of methoxy groups -OCH3 is 1. The number of imide groups is 1. The molecule has 0 aliphatic carbocycles. The minimum absolute atomic E-state index is 0.143. The molecule has 0 radical (unpaired) electrons. The fourth-order valence-electron chi connectivity index (χ4n) is 2.98. The highest BCUT2D eigenvalue weighted by Gasteiger charge is 2.40. The van der Waals surface area contributed by atoms with Gasteiger partial charge in [0.2, 0.25) is 5.91 Å². The van der Waals surface area contributed by atoms with Crippen LogP contribution in [0.25, 0.3) is 0 Å². The predicted octanol–water partition coefficient (Wildman–Crippen LogP) is 3.06. The third-order valence-electron chi connectivity index (χ3n) is 4.26. The van der Waals surface area contributed by atoms with Gasteiger partial charge in [0, 0.05) is 11.8 Å². The second kappa shape index (κ2) is 6.35. The van der Waals surface area contributed by atoms with E-state index in [0.717, 1.165) is 16.8 Å². The summed E-state index contributed by atoms with van der Waals surface area (Å²) in [5.74, 6) is 0.159. The molecule has 2 aromatic rings. The lowest BCUT2D eigenvalue weighted by atomic mass is 10.1. The van der Waals surface area contributed by atoms with Gasteiger partial charge in [0.1, 0.15) is 11.8 Å². The van der Waals surface area contributed by atoms with Gasteiger partial charge in [-0.1, -0.05) is 24.3 Å². The molecule has 1 atom stereocenters. The summed E-state index contributed by atoms with van der Waals surface area (Å²) in [6.07, 6.45) is 0.143. The van der Waals surface area contributed by atoms with Crippen LogP contribution in [0, 0.1) is 13.8 Å². The van der Waals surface area contributed by atoms with E-state index in [4.69, 9.17) is 4.74 Å². The molecule has 2 aromatic carbocycles. The number of carbonyl (C=O) groups is 2. The number of benzene rings is 2. The zero-order valence-electron chi connectivity index (χ0n) is 14.0. The lowest BCUT2D eigenvalue weighted by Gasteiger charge is -2.18. The first-order chi connectivity index (χ1) is 11.5. The molecular weight excluding hydrogens is 304 g/mol. The molecule has 3 rings (SSSR count). The van der Waals surface area contributed by atoms with Gasteiger partial charge in [-0.2, -0.15) is 0 Å². The molecule has 0 unspecified atom stereocenters. The number of ether oxygens (including phenoxy) is 1. The van der Waals surface area contributed by atoms with Crippen LogP contribution in [0.15, 0.2) is 42.5 Å². The number of aryl methyl sites for hydroxylation is 2. The Morgan fingerprint density at radius 1 is 1.08 bits per heavy atom. The van der Waals surface area contributed by atoms with E-state index in [1.54, 1.807) is 31.4 Å². The Bertz CT molecular complexity index is 781. The lowest BCUT2D eigenvalue weighted by molar-refractivity contribution is -0.121. The molecule has 5 nitrogen and oxygen atoms in total. The van der Waals surface area contributed by atoms with Crippen molar-refractivity contribution in [2.75, 3.05) is 17.3 Å². The molecule has 1 fully saturated rings. The normalized spacial score (nSPS) is 17.3. The van der Waals surface area contributed by atoms with Gasteiger partial charge in [0.15, 0.2) is 0 Å². The van der Waals surface area contributed by atoms with Crippen LogP contribution in [-0.2, 0) is 9.59 Å². The lowest BCUT2D eigenvalue weighted by Crippen LogP contribution is -2.35. The van der Waals surface area contributed by atoms with Gasteiger partial charge in [-0.15, -0.1) is 0 Å². The zero-order chi connectivity index (χ0) is 17.3. The molecule has 1 heterocycles. The Labute approximate surface area is 141 Å². The van der Waals surface area contributed by atoms with E-state index in [0.29, 0.717) is 11.4 Å². The van der Waals surface area contributed by atoms with Gasteiger partial charge < -0.3 is 10.1 Å². The minimum Gasteiger partial charge on any atom is -0.497 e. The summed E-state index contributed by atoms with van der Waals surface area (Å²) in [5.41, 5.74) is 3.55. The van der Waals surface area contributed by atoms with Gasteiger partial charge in [-0.25, -0.2) is 4.90 Å². The Hall–Kier alpha value is -2.82. The maximum Gasteiger partial charge on any atom is 0.256 e. The largest absolute Gasteiger partial charge is 0.497 e. The van der Waals surface area contributed by atoms with E-state index in [1.165, 1.54) is 4.90 Å². The summed E-state index contributed by atoms with van der Waals surface area (Å²) in [7, 11) is 1.55. The molecule has 24 heavy (non-hydrogen) atoms. The Kier molecular flexibility index (Phi) is 4.25. The molecule has 0 spiro atoms. The van der Waals surface area contributed by atoms with Crippen LogP contribution in [0.1, 0.15) is 17.5 Å². The highest BCUT2D eigenvalue weighted by molar-refractivity contribution is 6.23. The molecule has 2 amide bonds. The van der Waals surface area contributed by atoms with E-state index in [1.807, 2.05) is 32.0 Å². The van der Waals surface area contributed by atoms with Gasteiger partial charge >= 0.3 is 0 Å². The molecule has 1 aliphatic heterocycles. The second-order valence-electron chi connectivity index (χ2n) is 5.94. The number of hydrogen-bond donors (Lipinski definition) is 1. The Morgan fingerprint density at radius 2 is 1.75 bits per heavy atom. The smallest absolute Gasteiger partial charge is 0.256 e. The van der Waals surface area contributed by atoms with E-state index in [-0.39, 0.29) is 18.2 Å². The maximum absolute atomic E-state index is 12.7. The van der Waals surface area contributed by atoms with Crippen LogP contribution in [0.5, 0.6) is 5.75 Å². The van der Waals surface area contributed by atoms with Gasteiger partial charge in [0.05, 0.1) is 19.2 Å². The molecular formula is C19H20N2O3. The second-order valence-corrected chi connectivity index (χ2v) is 5.94. The van der Waals surface area contributed by atoms with Gasteiger partial charge in [0.25, 0.3) is 5.91 Å². The molecule has 1 saturated heterocycles. The third kappa shape index (κ3) is 2.85. The molecule has 1 N–H and O–H groups in total. The van der Waals surface area contributed by atoms with E-state index >= 15 is 0 Å². The van der Waals surface area contributed by atoms with E-state index in [2.05, 4.69) is 5.32 Å². The first-order valence-electron chi connectivity index (χ1n) is 7.85. The number of nitrogens with zero attached hydrogens (tertiary/aromatic N) is 1. The highest BCUT2D eigenvalue weighted by atomic mass is 16.5. The minimum atomic E-state index is -0.552. The average molecular weight is 324 g/mol. The number of anilines is 2. The fourth-order valence-corrected chi connectivity index (χ4v) is 2.98. The van der Waals surface area contributed by atoms with Crippen LogP contribution < -0.4 is 15.0 Å². The number of rotatable bonds is 4. The summed E-state index contributed by atoms with van der Waals surface area (Å²) in [4.78, 5) is 26.4. The number of amides is 2. The highest BCUT2D eigenvalue weighted by Crippen LogP contribution is 2.29. The van der Waals surface area contributed by atoms with Gasteiger partial charge in [-0.05, 0) is 37.1 Å². The molecule has 5 heteroatoms. The van der Waals surface area contributed by atoms with Crippen molar-refractivity contribution < 1.29 is 14.3 Å². The quantitative estimate of drug-likeness (QED) is 0.878. The predicted molar refractivity (Wildman–Crippen MR) is 93.4 cm³/mol. The average Bonchev–Trinajstić information content (AvgIpc) is 2.85. The fraction of sp³-hybridized carbons (Fsp3) is 0.263. The van der Waals surface area contributed by atoms with Crippen LogP contribution >= 0.6 is 0 Å². The molecule has 1 aliphatic rings. The molecule has 124 valence electrons. The molecule has 0 saturated carbocycles. The summed E-state index contributed by atoms with van der Waals surface area (Å²) >= 11 is 0. The van der Waals surface area contributed by atoms with Crippen molar-refractivity contribution in [1.82, 2.24) is 0 Å². The third-order valence-corrected chi connectivity index (χ3v) is 4.26. The Morgan fingerprint density at radius 3 is 2.42 bits per heavy atom. The van der Waals surface area contributed by atoms with Crippen molar-refractivity contribution in [3.63, 3.8) is 0 Å². The van der Waals surface area contributed by atoms with Crippen molar-refractivity contribution in [3.05, 3.63) is 53.6 Å². The molecule has 0 aromatic heterocycles. The topological polar surface area (TPSA) is 58.6 Å². The first-order valence-corrected chi connectivity index (χ1v) is 7.85. The van der Waals surface area contributed by atoms with Crippen molar-refractivity contribution >= 4 is 23.2 Å². The van der Waals surface area contributed by atoms with Crippen LogP contribution in [0.3, 0.4) is 0 Å². The van der Waals surface area contributed by atoms with E-state index in [9.17, 15) is 9.59 Å². The number of nitrogens with one attached hydrogen (secondary N) is 1. The number of hydrogen-bond acceptors (Lipinski definition) is 4. The monoisotopic (exact) mass is 324 g/mol. The maximum atomic E-state index is 12.7. The first kappa shape index (κ1) is 16.1. The summed E-state index contributed by atoms with van der Waals surface area (Å²) in [6, 6.07) is 12.4. The van der Waals surface area contributed by atoms with Crippen molar-refractivity contribution in [3.8, 4) is 5.75 Å². The van der Waals surface area contributed by atoms with Crippen LogP contribution in [0.4, 0.5) is 11.4 Å². The van der Waals surface area contributed by atoms with E-state index < -0.39 is 6.04 Å². The number of para-hydroxylation sites is 1. The van der Waals surface area contributed by atoms with Crippen LogP contribution in [0.2, 0.25) is 0 Å². The van der Waals surface area contributed by atoms with Crippen LogP contribution in [-0.4, -0.2) is 25.0 Å². The van der Waals surface area contributed by atoms with Crippen molar-refractivity contribution in [1.29, 1.82) is 0 Å².